The average molecular weight is 715 g/mol. The molecule has 0 N–H and O–H groups in total. The monoisotopic (exact) mass is 714 g/mol. The number of hydrogen-bond donors (Lipinski definition) is 0. The molecule has 4 aromatic heterocycles. The summed E-state index contributed by atoms with van der Waals surface area (Å²) >= 11 is 0. The van der Waals surface area contributed by atoms with Crippen LogP contribution in [-0.2, 0) is 0 Å². The quantitative estimate of drug-likeness (QED) is 0.182. The Balaban J connectivity index is 1.12. The van der Waals surface area contributed by atoms with Crippen LogP contribution >= 0.6 is 0 Å². The van der Waals surface area contributed by atoms with Gasteiger partial charge in [-0.2, -0.15) is 10.5 Å². The molecule has 0 spiro atoms. The first-order chi connectivity index (χ1) is 27.7. The topological polar surface area (TPSA) is 83.7 Å². The minimum Gasteiger partial charge on any atom is -0.456 e. The molecule has 0 aliphatic carbocycles. The van der Waals surface area contributed by atoms with Crippen LogP contribution in [0.15, 0.2) is 167 Å². The maximum absolute atomic E-state index is 10.9. The zero-order valence-corrected chi connectivity index (χ0v) is 29.6. The van der Waals surface area contributed by atoms with Crippen LogP contribution in [0.1, 0.15) is 11.1 Å². The molecule has 0 saturated carbocycles. The summed E-state index contributed by atoms with van der Waals surface area (Å²) in [7, 11) is 0. The molecule has 12 rings (SSSR count). The van der Waals surface area contributed by atoms with Gasteiger partial charge in [0.1, 0.15) is 34.5 Å². The maximum atomic E-state index is 10.9. The van der Waals surface area contributed by atoms with E-state index in [1.165, 1.54) is 0 Å². The Morgan fingerprint density at radius 2 is 1.05 bits per heavy atom. The van der Waals surface area contributed by atoms with E-state index in [0.29, 0.717) is 11.1 Å². The normalized spacial score (nSPS) is 11.9. The highest BCUT2D eigenvalue weighted by Crippen LogP contribution is 2.45. The summed E-state index contributed by atoms with van der Waals surface area (Å²) in [5.74, 6) is 0. The number of para-hydroxylation sites is 5. The van der Waals surface area contributed by atoms with Gasteiger partial charge in [-0.25, -0.2) is 0 Å². The lowest BCUT2D eigenvalue weighted by atomic mass is 9.97. The number of nitrogens with zero attached hydrogens (tertiary/aromatic N) is 4. The molecule has 0 fully saturated rings. The SMILES string of the molecule is N#Cc1cc(-c2cccc(C#N)c2-n2c3ccccc3c3c4c(ccc32)oc2ccccc24)ccc1-n1c2ccccc2c2c3oc4ccccc4c3ccc21. The zero-order chi connectivity index (χ0) is 37.1. The fourth-order valence-corrected chi connectivity index (χ4v) is 9.11. The molecule has 56 heavy (non-hydrogen) atoms. The summed E-state index contributed by atoms with van der Waals surface area (Å²) in [6.07, 6.45) is 0. The molecule has 12 aromatic rings. The number of benzene rings is 8. The van der Waals surface area contributed by atoms with Crippen molar-refractivity contribution in [3.8, 4) is 34.6 Å². The first kappa shape index (κ1) is 30.4. The predicted molar refractivity (Wildman–Crippen MR) is 225 cm³/mol. The molecule has 0 atom stereocenters. The Morgan fingerprint density at radius 3 is 1.84 bits per heavy atom. The van der Waals surface area contributed by atoms with Gasteiger partial charge in [0.25, 0.3) is 0 Å². The average Bonchev–Trinajstić information content (AvgIpc) is 4.00. The Labute approximate surface area is 318 Å². The molecule has 6 heteroatoms. The summed E-state index contributed by atoms with van der Waals surface area (Å²) in [5, 5.41) is 29.9. The molecule has 0 amide bonds. The molecular weight excluding hydrogens is 689 g/mol. The van der Waals surface area contributed by atoms with Crippen molar-refractivity contribution in [2.45, 2.75) is 0 Å². The van der Waals surface area contributed by atoms with Gasteiger partial charge in [-0.3, -0.25) is 0 Å². The molecule has 0 radical (unpaired) electrons. The molecule has 6 nitrogen and oxygen atoms in total. The van der Waals surface area contributed by atoms with Gasteiger partial charge in [0, 0.05) is 43.3 Å². The second-order valence-corrected chi connectivity index (χ2v) is 14.2. The van der Waals surface area contributed by atoms with Crippen LogP contribution in [-0.4, -0.2) is 9.13 Å². The number of hydrogen-bond acceptors (Lipinski definition) is 4. The number of aromatic nitrogens is 2. The van der Waals surface area contributed by atoms with Gasteiger partial charge in [0.15, 0.2) is 0 Å². The van der Waals surface area contributed by atoms with Crippen molar-refractivity contribution < 1.29 is 8.83 Å². The maximum Gasteiger partial charge on any atom is 0.145 e. The van der Waals surface area contributed by atoms with Gasteiger partial charge in [-0.05, 0) is 72.3 Å². The van der Waals surface area contributed by atoms with E-state index in [0.717, 1.165) is 110 Å². The van der Waals surface area contributed by atoms with E-state index >= 15 is 0 Å². The second kappa shape index (κ2) is 11.2. The molecule has 0 aliphatic rings. The van der Waals surface area contributed by atoms with Gasteiger partial charge in [-0.15, -0.1) is 0 Å². The molecule has 0 bridgehead atoms. The standard InChI is InChI=1S/C50H26N4O2/c51-27-30-10-9-15-32(49(30)54-40-17-6-1-12-35(40)46-41(54)24-25-45-48(46)37-14-4-8-19-44(37)55-45)29-20-22-38(31(26-29)28-52)53-39-16-5-2-13-36(39)47-42(53)23-21-34-33-11-3-7-18-43(33)56-50(34)47/h1-26H. The Hall–Kier alpha value is -8.06. The van der Waals surface area contributed by atoms with Crippen molar-refractivity contribution in [3.63, 3.8) is 0 Å². The number of nitriles is 2. The lowest BCUT2D eigenvalue weighted by Crippen LogP contribution is -2.02. The van der Waals surface area contributed by atoms with Crippen molar-refractivity contribution in [2.24, 2.45) is 0 Å². The van der Waals surface area contributed by atoms with Crippen molar-refractivity contribution in [3.05, 3.63) is 169 Å². The van der Waals surface area contributed by atoms with Crippen LogP contribution in [0.2, 0.25) is 0 Å². The largest absolute Gasteiger partial charge is 0.456 e. The highest BCUT2D eigenvalue weighted by atomic mass is 16.3. The molecular formula is C50H26N4O2. The van der Waals surface area contributed by atoms with Gasteiger partial charge in [0.2, 0.25) is 0 Å². The summed E-state index contributed by atoms with van der Waals surface area (Å²) < 4.78 is 17.2. The lowest BCUT2D eigenvalue weighted by Gasteiger charge is -2.17. The van der Waals surface area contributed by atoms with E-state index in [2.05, 4.69) is 88.0 Å². The van der Waals surface area contributed by atoms with Crippen molar-refractivity contribution in [2.75, 3.05) is 0 Å². The van der Waals surface area contributed by atoms with Crippen LogP contribution in [0.3, 0.4) is 0 Å². The van der Waals surface area contributed by atoms with Crippen LogP contribution in [0.5, 0.6) is 0 Å². The fraction of sp³-hybridized carbons (Fsp3) is 0. The second-order valence-electron chi connectivity index (χ2n) is 14.2. The van der Waals surface area contributed by atoms with Crippen molar-refractivity contribution in [1.82, 2.24) is 9.13 Å². The molecule has 8 aromatic carbocycles. The van der Waals surface area contributed by atoms with Crippen LogP contribution in [0.25, 0.3) is 110 Å². The van der Waals surface area contributed by atoms with Crippen molar-refractivity contribution >= 4 is 87.5 Å². The Morgan fingerprint density at radius 1 is 0.411 bits per heavy atom. The first-order valence-electron chi connectivity index (χ1n) is 18.5. The zero-order valence-electron chi connectivity index (χ0n) is 29.6. The van der Waals surface area contributed by atoms with E-state index in [1.807, 2.05) is 91.0 Å². The number of fused-ring (bicyclic) bond motifs is 14. The van der Waals surface area contributed by atoms with Gasteiger partial charge >= 0.3 is 0 Å². The minimum absolute atomic E-state index is 0.511. The molecule has 4 heterocycles. The van der Waals surface area contributed by atoms with E-state index in [9.17, 15) is 10.5 Å². The summed E-state index contributed by atoms with van der Waals surface area (Å²) in [5.41, 5.74) is 11.4. The van der Waals surface area contributed by atoms with E-state index < -0.39 is 0 Å². The highest BCUT2D eigenvalue weighted by molar-refractivity contribution is 6.28. The summed E-state index contributed by atoms with van der Waals surface area (Å²) in [6, 6.07) is 58.1. The van der Waals surface area contributed by atoms with E-state index in [-0.39, 0.29) is 0 Å². The summed E-state index contributed by atoms with van der Waals surface area (Å²) in [4.78, 5) is 0. The third kappa shape index (κ3) is 3.97. The number of rotatable bonds is 3. The van der Waals surface area contributed by atoms with Crippen LogP contribution in [0, 0.1) is 22.7 Å². The van der Waals surface area contributed by atoms with Crippen LogP contribution in [0.4, 0.5) is 0 Å². The molecule has 0 aliphatic heterocycles. The van der Waals surface area contributed by atoms with E-state index in [1.54, 1.807) is 0 Å². The first-order valence-corrected chi connectivity index (χ1v) is 18.5. The molecule has 0 saturated heterocycles. The third-order valence-corrected chi connectivity index (χ3v) is 11.4. The smallest absolute Gasteiger partial charge is 0.145 e. The molecule has 0 unspecified atom stereocenters. The number of furan rings is 2. The fourth-order valence-electron chi connectivity index (χ4n) is 9.11. The van der Waals surface area contributed by atoms with Gasteiger partial charge in [-0.1, -0.05) is 91.0 Å². The molecule has 258 valence electrons. The lowest BCUT2D eigenvalue weighted by molar-refractivity contribution is 0.669. The van der Waals surface area contributed by atoms with Crippen molar-refractivity contribution in [1.29, 1.82) is 10.5 Å². The third-order valence-electron chi connectivity index (χ3n) is 11.4. The van der Waals surface area contributed by atoms with Gasteiger partial charge in [0.05, 0.1) is 50.0 Å². The highest BCUT2D eigenvalue weighted by Gasteiger charge is 2.24. The van der Waals surface area contributed by atoms with Gasteiger partial charge < -0.3 is 18.0 Å². The Kier molecular flexibility index (Phi) is 6.10. The Bertz CT molecular complexity index is 3750. The minimum atomic E-state index is 0.511. The predicted octanol–water partition coefficient (Wildman–Crippen LogP) is 13.1. The van der Waals surface area contributed by atoms with E-state index in [4.69, 9.17) is 8.83 Å². The van der Waals surface area contributed by atoms with Crippen LogP contribution < -0.4 is 0 Å². The summed E-state index contributed by atoms with van der Waals surface area (Å²) in [6.45, 7) is 0.